The van der Waals surface area contributed by atoms with Gasteiger partial charge in [0, 0.05) is 13.0 Å². The van der Waals surface area contributed by atoms with Gasteiger partial charge < -0.3 is 5.11 Å². The number of nitrogens with one attached hydrogen (secondary N) is 1. The van der Waals surface area contributed by atoms with E-state index in [0.29, 0.717) is 19.4 Å². The number of rotatable bonds is 3. The molecule has 2 aliphatic heterocycles. The molecule has 0 spiro atoms. The minimum atomic E-state index is -0.764. The number of benzene rings is 1. The van der Waals surface area contributed by atoms with E-state index in [9.17, 15) is 14.7 Å². The maximum atomic E-state index is 12.0. The Kier molecular flexibility index (Phi) is 3.78. The van der Waals surface area contributed by atoms with E-state index in [2.05, 4.69) is 18.3 Å². The van der Waals surface area contributed by atoms with Gasteiger partial charge in [0.15, 0.2) is 0 Å². The van der Waals surface area contributed by atoms with Gasteiger partial charge in [0.2, 0.25) is 11.8 Å². The minimum Gasteiger partial charge on any atom is -0.374 e. The van der Waals surface area contributed by atoms with Gasteiger partial charge in [0.25, 0.3) is 0 Å². The summed E-state index contributed by atoms with van der Waals surface area (Å²) in [7, 11) is 0. The van der Waals surface area contributed by atoms with Crippen LogP contribution in [-0.2, 0) is 22.6 Å². The van der Waals surface area contributed by atoms with Crippen LogP contribution in [0, 0.1) is 0 Å². The molecule has 1 aromatic rings. The standard InChI is InChI=1S/C16H20N2O3/c1-2-3-10-4-5-12-11(8-10)9-18(16(12)21)13-6-7-14(19)17-15(13)20/h4-5,8,13,16,21H,2-3,6-7,9H2,1H3,(H,17,19,20). The van der Waals surface area contributed by atoms with Gasteiger partial charge in [-0.3, -0.25) is 19.8 Å². The van der Waals surface area contributed by atoms with Gasteiger partial charge >= 0.3 is 0 Å². The maximum Gasteiger partial charge on any atom is 0.244 e. The molecule has 1 aromatic carbocycles. The van der Waals surface area contributed by atoms with E-state index in [-0.39, 0.29) is 11.8 Å². The monoisotopic (exact) mass is 288 g/mol. The molecule has 1 fully saturated rings. The highest BCUT2D eigenvalue weighted by Gasteiger charge is 2.39. The fourth-order valence-electron chi connectivity index (χ4n) is 3.23. The SMILES string of the molecule is CCCc1ccc2c(c1)CN(C1CCC(=O)NC1=O)C2O. The van der Waals surface area contributed by atoms with E-state index in [1.165, 1.54) is 5.56 Å². The molecule has 2 N–H and O–H groups in total. The number of hydrogen-bond donors (Lipinski definition) is 2. The fourth-order valence-corrected chi connectivity index (χ4v) is 3.23. The Morgan fingerprint density at radius 3 is 2.90 bits per heavy atom. The topological polar surface area (TPSA) is 69.6 Å². The summed E-state index contributed by atoms with van der Waals surface area (Å²) < 4.78 is 0. The highest BCUT2D eigenvalue weighted by Crippen LogP contribution is 2.35. The molecule has 2 aliphatic rings. The van der Waals surface area contributed by atoms with Crippen molar-refractivity contribution >= 4 is 11.8 Å². The summed E-state index contributed by atoms with van der Waals surface area (Å²) in [5.74, 6) is -0.528. The molecule has 2 heterocycles. The van der Waals surface area contributed by atoms with Crippen molar-refractivity contribution in [2.75, 3.05) is 0 Å². The largest absolute Gasteiger partial charge is 0.374 e. The minimum absolute atomic E-state index is 0.229. The molecular formula is C16H20N2O3. The van der Waals surface area contributed by atoms with Crippen molar-refractivity contribution in [3.63, 3.8) is 0 Å². The van der Waals surface area contributed by atoms with E-state index < -0.39 is 12.3 Å². The number of fused-ring (bicyclic) bond motifs is 1. The third-order valence-corrected chi connectivity index (χ3v) is 4.30. The molecule has 3 rings (SSSR count). The van der Waals surface area contributed by atoms with Crippen LogP contribution in [0.4, 0.5) is 0 Å². The predicted octanol–water partition coefficient (Wildman–Crippen LogP) is 1.25. The van der Waals surface area contributed by atoms with Gasteiger partial charge in [-0.15, -0.1) is 0 Å². The Bertz CT molecular complexity index is 585. The van der Waals surface area contributed by atoms with Gasteiger partial charge in [-0.1, -0.05) is 31.5 Å². The van der Waals surface area contributed by atoms with Crippen LogP contribution in [0.1, 0.15) is 49.1 Å². The van der Waals surface area contributed by atoms with Crippen molar-refractivity contribution in [1.82, 2.24) is 10.2 Å². The van der Waals surface area contributed by atoms with Gasteiger partial charge in [-0.25, -0.2) is 0 Å². The van der Waals surface area contributed by atoms with Crippen LogP contribution in [0.5, 0.6) is 0 Å². The number of nitrogens with zero attached hydrogens (tertiary/aromatic N) is 1. The number of carbonyl (C=O) groups excluding carboxylic acids is 2. The molecule has 2 atom stereocenters. The van der Waals surface area contributed by atoms with E-state index in [4.69, 9.17) is 0 Å². The Labute approximate surface area is 123 Å². The van der Waals surface area contributed by atoms with E-state index in [0.717, 1.165) is 24.0 Å². The van der Waals surface area contributed by atoms with Crippen LogP contribution in [0.25, 0.3) is 0 Å². The average molecular weight is 288 g/mol. The predicted molar refractivity (Wildman–Crippen MR) is 77.1 cm³/mol. The van der Waals surface area contributed by atoms with Crippen molar-refractivity contribution in [2.24, 2.45) is 0 Å². The molecule has 5 heteroatoms. The zero-order chi connectivity index (χ0) is 15.0. The van der Waals surface area contributed by atoms with Gasteiger partial charge in [0.1, 0.15) is 6.23 Å². The van der Waals surface area contributed by atoms with Gasteiger partial charge in [-0.05, 0) is 29.5 Å². The Morgan fingerprint density at radius 2 is 2.19 bits per heavy atom. The molecule has 0 aromatic heterocycles. The lowest BCUT2D eigenvalue weighted by molar-refractivity contribution is -0.141. The second kappa shape index (κ2) is 5.58. The summed E-state index contributed by atoms with van der Waals surface area (Å²) in [6.45, 7) is 2.69. The number of aliphatic hydroxyl groups excluding tert-OH is 1. The summed E-state index contributed by atoms with van der Waals surface area (Å²) >= 11 is 0. The molecule has 5 nitrogen and oxygen atoms in total. The first-order valence-electron chi connectivity index (χ1n) is 7.49. The highest BCUT2D eigenvalue weighted by atomic mass is 16.3. The number of amides is 2. The second-order valence-corrected chi connectivity index (χ2v) is 5.80. The number of carbonyl (C=O) groups is 2. The molecule has 0 saturated carbocycles. The molecule has 0 bridgehead atoms. The molecule has 2 unspecified atom stereocenters. The number of aliphatic hydroxyl groups is 1. The normalized spacial score (nSPS) is 25.8. The molecule has 112 valence electrons. The summed E-state index contributed by atoms with van der Waals surface area (Å²) in [5.41, 5.74) is 3.21. The van der Waals surface area contributed by atoms with Crippen LogP contribution < -0.4 is 5.32 Å². The van der Waals surface area contributed by atoms with Crippen LogP contribution in [0.3, 0.4) is 0 Å². The highest BCUT2D eigenvalue weighted by molar-refractivity contribution is 6.00. The summed E-state index contributed by atoms with van der Waals surface area (Å²) in [5, 5.41) is 12.8. The Balaban J connectivity index is 1.81. The number of piperidine rings is 1. The molecule has 0 aliphatic carbocycles. The molecule has 21 heavy (non-hydrogen) atoms. The summed E-state index contributed by atoms with van der Waals surface area (Å²) in [4.78, 5) is 25.0. The lowest BCUT2D eigenvalue weighted by atomic mass is 10.0. The van der Waals surface area contributed by atoms with Crippen LogP contribution in [0.15, 0.2) is 18.2 Å². The summed E-state index contributed by atoms with van der Waals surface area (Å²) in [6.07, 6.45) is 2.13. The Hall–Kier alpha value is -1.72. The van der Waals surface area contributed by atoms with Crippen molar-refractivity contribution in [3.8, 4) is 0 Å². The average Bonchev–Trinajstić information content (AvgIpc) is 2.76. The van der Waals surface area contributed by atoms with Gasteiger partial charge in [-0.2, -0.15) is 0 Å². The third kappa shape index (κ3) is 2.59. The number of hydrogen-bond acceptors (Lipinski definition) is 4. The molecule has 1 saturated heterocycles. The van der Waals surface area contributed by atoms with Crippen molar-refractivity contribution in [2.45, 2.75) is 51.4 Å². The van der Waals surface area contributed by atoms with Crippen molar-refractivity contribution in [3.05, 3.63) is 34.9 Å². The zero-order valence-corrected chi connectivity index (χ0v) is 12.1. The summed E-state index contributed by atoms with van der Waals surface area (Å²) in [6, 6.07) is 5.68. The van der Waals surface area contributed by atoms with Crippen LogP contribution >= 0.6 is 0 Å². The molecule has 2 amide bonds. The van der Waals surface area contributed by atoms with Gasteiger partial charge in [0.05, 0.1) is 6.04 Å². The lowest BCUT2D eigenvalue weighted by Gasteiger charge is -2.31. The van der Waals surface area contributed by atoms with Crippen LogP contribution in [0.2, 0.25) is 0 Å². The van der Waals surface area contributed by atoms with Crippen molar-refractivity contribution < 1.29 is 14.7 Å². The fraction of sp³-hybridized carbons (Fsp3) is 0.500. The van der Waals surface area contributed by atoms with Crippen LogP contribution in [-0.4, -0.2) is 27.9 Å². The first-order valence-corrected chi connectivity index (χ1v) is 7.49. The maximum absolute atomic E-state index is 12.0. The third-order valence-electron chi connectivity index (χ3n) is 4.30. The molecular weight excluding hydrogens is 268 g/mol. The van der Waals surface area contributed by atoms with E-state index in [1.54, 1.807) is 4.90 Å². The zero-order valence-electron chi connectivity index (χ0n) is 12.1. The smallest absolute Gasteiger partial charge is 0.244 e. The number of aryl methyl sites for hydroxylation is 1. The molecule has 0 radical (unpaired) electrons. The Morgan fingerprint density at radius 1 is 1.38 bits per heavy atom. The van der Waals surface area contributed by atoms with E-state index >= 15 is 0 Å². The van der Waals surface area contributed by atoms with Crippen molar-refractivity contribution in [1.29, 1.82) is 0 Å². The first kappa shape index (κ1) is 14.2. The quantitative estimate of drug-likeness (QED) is 0.821. The first-order chi connectivity index (χ1) is 10.1. The number of imide groups is 1. The second-order valence-electron chi connectivity index (χ2n) is 5.80. The lowest BCUT2D eigenvalue weighted by Crippen LogP contribution is -2.51. The van der Waals surface area contributed by atoms with E-state index in [1.807, 2.05) is 12.1 Å².